The Hall–Kier alpha value is -3.65. The molecular weight excluding hydrogens is 625 g/mol. The predicted octanol–water partition coefficient (Wildman–Crippen LogP) is 4.28. The zero-order chi connectivity index (χ0) is 31.1. The molecule has 2 amide bonds. The number of hydrogen-bond donors (Lipinski definition) is 5. The van der Waals surface area contributed by atoms with Gasteiger partial charge in [-0.3, -0.25) is 14.6 Å². The SMILES string of the molecule is COc1nc(-c2ccnc(-c3cccc(NC(=O)c4ncc(CNCCO)s4)c3Cl)c2Cl)ccc1CNC[C@@H]1CCC(=O)N1. The Bertz CT molecular complexity index is 1650. The Kier molecular flexibility index (Phi) is 10.7. The van der Waals surface area contributed by atoms with Gasteiger partial charge in [-0.25, -0.2) is 9.97 Å². The Morgan fingerprint density at radius 2 is 1.98 bits per heavy atom. The van der Waals surface area contributed by atoms with E-state index in [0.29, 0.717) is 71.7 Å². The first-order valence-electron chi connectivity index (χ1n) is 13.9. The highest BCUT2D eigenvalue weighted by Gasteiger charge is 2.21. The maximum absolute atomic E-state index is 12.9. The maximum atomic E-state index is 12.9. The first kappa shape index (κ1) is 31.8. The van der Waals surface area contributed by atoms with Gasteiger partial charge in [0.15, 0.2) is 5.01 Å². The minimum atomic E-state index is -0.394. The molecule has 1 saturated heterocycles. The maximum Gasteiger partial charge on any atom is 0.284 e. The van der Waals surface area contributed by atoms with Gasteiger partial charge in [0, 0.05) is 72.6 Å². The van der Waals surface area contributed by atoms with Gasteiger partial charge in [0.05, 0.1) is 40.8 Å². The Morgan fingerprint density at radius 3 is 2.75 bits per heavy atom. The van der Waals surface area contributed by atoms with Crippen molar-refractivity contribution in [2.45, 2.75) is 32.0 Å². The molecule has 0 spiro atoms. The number of nitrogens with zero attached hydrogens (tertiary/aromatic N) is 3. The number of benzene rings is 1. The average Bonchev–Trinajstić information content (AvgIpc) is 3.68. The molecule has 14 heteroatoms. The van der Waals surface area contributed by atoms with Crippen molar-refractivity contribution in [2.75, 3.05) is 32.1 Å². The second kappa shape index (κ2) is 14.9. The van der Waals surface area contributed by atoms with Gasteiger partial charge >= 0.3 is 0 Å². The smallest absolute Gasteiger partial charge is 0.284 e. The summed E-state index contributed by atoms with van der Waals surface area (Å²) < 4.78 is 5.58. The fraction of sp³-hybridized carbons (Fsp3) is 0.300. The third-order valence-electron chi connectivity index (χ3n) is 6.93. The number of carbonyl (C=O) groups is 2. The van der Waals surface area contributed by atoms with Crippen LogP contribution in [0.5, 0.6) is 5.88 Å². The van der Waals surface area contributed by atoms with Gasteiger partial charge in [-0.05, 0) is 24.6 Å². The number of methoxy groups -OCH3 is 1. The van der Waals surface area contributed by atoms with Crippen LogP contribution in [0.25, 0.3) is 22.5 Å². The monoisotopic (exact) mass is 655 g/mol. The number of carbonyl (C=O) groups excluding carboxylic acids is 2. The predicted molar refractivity (Wildman–Crippen MR) is 171 cm³/mol. The number of amides is 2. The Labute approximate surface area is 268 Å². The number of thiazole rings is 1. The van der Waals surface area contributed by atoms with E-state index < -0.39 is 5.91 Å². The lowest BCUT2D eigenvalue weighted by atomic mass is 10.1. The highest BCUT2D eigenvalue weighted by atomic mass is 35.5. The molecule has 4 aromatic rings. The molecule has 44 heavy (non-hydrogen) atoms. The summed E-state index contributed by atoms with van der Waals surface area (Å²) in [4.78, 5) is 38.7. The van der Waals surface area contributed by atoms with Crippen molar-refractivity contribution in [2.24, 2.45) is 0 Å². The molecule has 1 atom stereocenters. The van der Waals surface area contributed by atoms with Gasteiger partial charge in [0.25, 0.3) is 5.91 Å². The third-order valence-corrected chi connectivity index (χ3v) is 8.71. The number of aromatic nitrogens is 3. The summed E-state index contributed by atoms with van der Waals surface area (Å²) in [5, 5.41) is 22.0. The van der Waals surface area contributed by atoms with E-state index >= 15 is 0 Å². The van der Waals surface area contributed by atoms with E-state index in [4.69, 9.17) is 38.0 Å². The van der Waals surface area contributed by atoms with Crippen LogP contribution >= 0.6 is 34.5 Å². The van der Waals surface area contributed by atoms with Crippen molar-refractivity contribution < 1.29 is 19.4 Å². The summed E-state index contributed by atoms with van der Waals surface area (Å²) >= 11 is 14.9. The summed E-state index contributed by atoms with van der Waals surface area (Å²) in [5.41, 5.74) is 3.46. The molecule has 1 fully saturated rings. The van der Waals surface area contributed by atoms with Gasteiger partial charge < -0.3 is 31.1 Å². The number of pyridine rings is 2. The number of rotatable bonds is 13. The molecule has 4 heterocycles. The molecule has 1 aliphatic heterocycles. The van der Waals surface area contributed by atoms with E-state index in [9.17, 15) is 9.59 Å². The lowest BCUT2D eigenvalue weighted by molar-refractivity contribution is -0.119. The fourth-order valence-electron chi connectivity index (χ4n) is 4.74. The van der Waals surface area contributed by atoms with E-state index in [1.807, 2.05) is 12.1 Å². The summed E-state index contributed by atoms with van der Waals surface area (Å²) in [7, 11) is 1.56. The number of hydrogen-bond acceptors (Lipinski definition) is 10. The highest BCUT2D eigenvalue weighted by molar-refractivity contribution is 7.13. The van der Waals surface area contributed by atoms with Gasteiger partial charge in [0.1, 0.15) is 0 Å². The van der Waals surface area contributed by atoms with E-state index in [-0.39, 0.29) is 28.6 Å². The highest BCUT2D eigenvalue weighted by Crippen LogP contribution is 2.40. The first-order chi connectivity index (χ1) is 21.4. The second-order valence-corrected chi connectivity index (χ2v) is 11.8. The molecule has 0 radical (unpaired) electrons. The van der Waals surface area contributed by atoms with Crippen molar-refractivity contribution in [3.05, 3.63) is 74.3 Å². The Balaban J connectivity index is 1.32. The molecule has 1 aliphatic rings. The second-order valence-electron chi connectivity index (χ2n) is 9.97. The van der Waals surface area contributed by atoms with Crippen LogP contribution in [0.4, 0.5) is 5.69 Å². The molecular formula is C30H31Cl2N7O4S. The summed E-state index contributed by atoms with van der Waals surface area (Å²) in [6, 6.07) is 10.9. The fourth-order valence-corrected chi connectivity index (χ4v) is 6.09. The van der Waals surface area contributed by atoms with Crippen LogP contribution in [0.15, 0.2) is 48.8 Å². The van der Waals surface area contributed by atoms with Crippen LogP contribution in [-0.2, 0) is 17.9 Å². The molecule has 1 aromatic carbocycles. The van der Waals surface area contributed by atoms with Crippen molar-refractivity contribution >= 4 is 52.0 Å². The molecule has 0 bridgehead atoms. The number of aliphatic hydroxyl groups excluding tert-OH is 1. The summed E-state index contributed by atoms with van der Waals surface area (Å²) in [5.74, 6) is 0.145. The van der Waals surface area contributed by atoms with E-state index in [0.717, 1.165) is 16.9 Å². The normalized spacial score (nSPS) is 14.5. The van der Waals surface area contributed by atoms with Crippen LogP contribution in [0.1, 0.15) is 33.1 Å². The molecule has 3 aromatic heterocycles. The molecule has 11 nitrogen and oxygen atoms in total. The number of halogens is 2. The minimum Gasteiger partial charge on any atom is -0.481 e. The van der Waals surface area contributed by atoms with Gasteiger partial charge in [0.2, 0.25) is 11.8 Å². The van der Waals surface area contributed by atoms with E-state index in [1.54, 1.807) is 43.8 Å². The first-order valence-corrected chi connectivity index (χ1v) is 15.5. The van der Waals surface area contributed by atoms with Gasteiger partial charge in [-0.1, -0.05) is 41.4 Å². The van der Waals surface area contributed by atoms with Crippen LogP contribution < -0.4 is 26.0 Å². The topological polar surface area (TPSA) is 150 Å². The zero-order valence-corrected chi connectivity index (χ0v) is 26.2. The van der Waals surface area contributed by atoms with Crippen LogP contribution in [-0.4, -0.2) is 64.7 Å². The standard InChI is InChI=1S/C30H31Cl2N7O4S/c1-43-29-17(13-34-14-18-6-8-24(41)37-18)5-7-22(39-29)20-9-10-35-27(26(20)32)21-3-2-4-23(25(21)31)38-28(42)30-36-16-19(44-30)15-33-11-12-40/h2-5,7,9-10,16,18,33-34,40H,6,8,11-15H2,1H3,(H,37,41)(H,38,42)/t18-/m0/s1. The molecule has 0 aliphatic carbocycles. The number of aliphatic hydroxyl groups is 1. The van der Waals surface area contributed by atoms with Crippen molar-refractivity contribution in [1.82, 2.24) is 30.9 Å². The number of ether oxygens (including phenoxy) is 1. The summed E-state index contributed by atoms with van der Waals surface area (Å²) in [6.07, 6.45) is 4.63. The van der Waals surface area contributed by atoms with E-state index in [1.165, 1.54) is 11.3 Å². The minimum absolute atomic E-state index is 0.0293. The quantitative estimate of drug-likeness (QED) is 0.133. The largest absolute Gasteiger partial charge is 0.481 e. The average molecular weight is 657 g/mol. The molecule has 5 rings (SSSR count). The number of anilines is 1. The lowest BCUT2D eigenvalue weighted by Gasteiger charge is -2.15. The molecule has 0 unspecified atom stereocenters. The van der Waals surface area contributed by atoms with Crippen LogP contribution in [0.2, 0.25) is 10.0 Å². The molecule has 0 saturated carbocycles. The van der Waals surface area contributed by atoms with Crippen molar-refractivity contribution in [1.29, 1.82) is 0 Å². The van der Waals surface area contributed by atoms with Crippen molar-refractivity contribution in [3.63, 3.8) is 0 Å². The Morgan fingerprint density at radius 1 is 1.11 bits per heavy atom. The zero-order valence-electron chi connectivity index (χ0n) is 23.8. The molecule has 5 N–H and O–H groups in total. The van der Waals surface area contributed by atoms with E-state index in [2.05, 4.69) is 31.2 Å². The number of nitrogens with one attached hydrogen (secondary N) is 4. The van der Waals surface area contributed by atoms with Crippen LogP contribution in [0, 0.1) is 0 Å². The van der Waals surface area contributed by atoms with Gasteiger partial charge in [-0.15, -0.1) is 11.3 Å². The van der Waals surface area contributed by atoms with Gasteiger partial charge in [-0.2, -0.15) is 0 Å². The lowest BCUT2D eigenvalue weighted by Crippen LogP contribution is -2.35. The molecule has 230 valence electrons. The third kappa shape index (κ3) is 7.52. The van der Waals surface area contributed by atoms with Crippen molar-refractivity contribution in [3.8, 4) is 28.4 Å². The van der Waals surface area contributed by atoms with Crippen LogP contribution in [0.3, 0.4) is 0 Å². The summed E-state index contributed by atoms with van der Waals surface area (Å²) in [6.45, 7) is 2.17.